The van der Waals surface area contributed by atoms with Crippen LogP contribution in [0.3, 0.4) is 0 Å². The van der Waals surface area contributed by atoms with Gasteiger partial charge in [0.1, 0.15) is 0 Å². The summed E-state index contributed by atoms with van der Waals surface area (Å²) in [5, 5.41) is 0. The monoisotopic (exact) mass is 207 g/mol. The lowest BCUT2D eigenvalue weighted by atomic mass is 10.1. The number of piperidine rings is 1. The molecule has 15 heavy (non-hydrogen) atoms. The van der Waals surface area contributed by atoms with E-state index in [4.69, 9.17) is 0 Å². The Bertz CT molecular complexity index is 260. The van der Waals surface area contributed by atoms with E-state index in [0.29, 0.717) is 0 Å². The fraction of sp³-hybridized carbons (Fsp3) is 0.615. The van der Waals surface area contributed by atoms with Crippen molar-refractivity contribution in [3.05, 3.63) is 23.8 Å². The molecule has 0 aliphatic carbocycles. The molecular weight excluding hydrogens is 186 g/mol. The SMILES string of the molecule is C/C=C(/C=C/C(=O)N1CCCCC1)CC. The van der Waals surface area contributed by atoms with Gasteiger partial charge >= 0.3 is 0 Å². The first-order chi connectivity index (χ1) is 7.27. The minimum Gasteiger partial charge on any atom is -0.339 e. The third kappa shape index (κ3) is 3.90. The zero-order chi connectivity index (χ0) is 11.1. The molecule has 1 rings (SSSR count). The molecule has 1 heterocycles. The summed E-state index contributed by atoms with van der Waals surface area (Å²) in [6.07, 6.45) is 10.3. The van der Waals surface area contributed by atoms with Crippen molar-refractivity contribution in [3.63, 3.8) is 0 Å². The van der Waals surface area contributed by atoms with Crippen molar-refractivity contribution in [2.45, 2.75) is 39.5 Å². The van der Waals surface area contributed by atoms with Gasteiger partial charge < -0.3 is 4.90 Å². The van der Waals surface area contributed by atoms with Crippen LogP contribution in [0.1, 0.15) is 39.5 Å². The van der Waals surface area contributed by atoms with E-state index in [1.807, 2.05) is 17.9 Å². The highest BCUT2D eigenvalue weighted by molar-refractivity contribution is 5.88. The van der Waals surface area contributed by atoms with Crippen molar-refractivity contribution in [2.75, 3.05) is 13.1 Å². The van der Waals surface area contributed by atoms with E-state index in [1.165, 1.54) is 12.0 Å². The van der Waals surface area contributed by atoms with Gasteiger partial charge in [-0.2, -0.15) is 0 Å². The summed E-state index contributed by atoms with van der Waals surface area (Å²) in [6.45, 7) is 5.97. The lowest BCUT2D eigenvalue weighted by Gasteiger charge is -2.25. The molecule has 0 aromatic heterocycles. The number of carbonyl (C=O) groups is 1. The fourth-order valence-electron chi connectivity index (χ4n) is 1.82. The molecule has 0 unspecified atom stereocenters. The van der Waals surface area contributed by atoms with E-state index in [2.05, 4.69) is 13.0 Å². The highest BCUT2D eigenvalue weighted by Gasteiger charge is 2.13. The van der Waals surface area contributed by atoms with Crippen LogP contribution in [0.25, 0.3) is 0 Å². The van der Waals surface area contributed by atoms with Crippen LogP contribution in [0.15, 0.2) is 23.8 Å². The molecule has 1 amide bonds. The molecule has 0 radical (unpaired) electrons. The quantitative estimate of drug-likeness (QED) is 0.514. The predicted molar refractivity (Wildman–Crippen MR) is 63.6 cm³/mol. The Hall–Kier alpha value is -1.05. The highest BCUT2D eigenvalue weighted by Crippen LogP contribution is 2.10. The van der Waals surface area contributed by atoms with Gasteiger partial charge in [0.2, 0.25) is 5.91 Å². The largest absolute Gasteiger partial charge is 0.339 e. The Morgan fingerprint density at radius 3 is 2.40 bits per heavy atom. The zero-order valence-corrected chi connectivity index (χ0v) is 9.83. The molecule has 1 aliphatic rings. The van der Waals surface area contributed by atoms with Gasteiger partial charge in [-0.15, -0.1) is 0 Å². The van der Waals surface area contributed by atoms with Crippen LogP contribution in [0.4, 0.5) is 0 Å². The van der Waals surface area contributed by atoms with Gasteiger partial charge in [-0.3, -0.25) is 4.79 Å². The molecule has 2 heteroatoms. The number of carbonyl (C=O) groups excluding carboxylic acids is 1. The molecule has 2 nitrogen and oxygen atoms in total. The number of likely N-dealkylation sites (tertiary alicyclic amines) is 1. The second kappa shape index (κ2) is 6.44. The first-order valence-corrected chi connectivity index (χ1v) is 5.90. The molecule has 0 N–H and O–H groups in total. The number of rotatable bonds is 3. The number of hydrogen-bond donors (Lipinski definition) is 0. The molecule has 0 aromatic carbocycles. The second-order valence-corrected chi connectivity index (χ2v) is 3.94. The summed E-state index contributed by atoms with van der Waals surface area (Å²) in [5.74, 6) is 0.169. The fourth-order valence-corrected chi connectivity index (χ4v) is 1.82. The van der Waals surface area contributed by atoms with Gasteiger partial charge in [0.15, 0.2) is 0 Å². The highest BCUT2D eigenvalue weighted by atomic mass is 16.2. The zero-order valence-electron chi connectivity index (χ0n) is 9.83. The first-order valence-electron chi connectivity index (χ1n) is 5.90. The topological polar surface area (TPSA) is 20.3 Å². The maximum Gasteiger partial charge on any atom is 0.246 e. The van der Waals surface area contributed by atoms with Crippen LogP contribution in [0, 0.1) is 0 Å². The van der Waals surface area contributed by atoms with Crippen molar-refractivity contribution < 1.29 is 4.79 Å². The Labute approximate surface area is 92.7 Å². The number of hydrogen-bond acceptors (Lipinski definition) is 1. The van der Waals surface area contributed by atoms with Crippen LogP contribution >= 0.6 is 0 Å². The smallest absolute Gasteiger partial charge is 0.246 e. The molecule has 1 saturated heterocycles. The van der Waals surface area contributed by atoms with Crippen molar-refractivity contribution >= 4 is 5.91 Å². The summed E-state index contributed by atoms with van der Waals surface area (Å²) in [6, 6.07) is 0. The van der Waals surface area contributed by atoms with Crippen LogP contribution in [-0.4, -0.2) is 23.9 Å². The summed E-state index contributed by atoms with van der Waals surface area (Å²) < 4.78 is 0. The average Bonchev–Trinajstić information content (AvgIpc) is 2.31. The van der Waals surface area contributed by atoms with Crippen molar-refractivity contribution in [1.29, 1.82) is 0 Å². The number of amides is 1. The molecule has 84 valence electrons. The van der Waals surface area contributed by atoms with E-state index < -0.39 is 0 Å². The van der Waals surface area contributed by atoms with Gasteiger partial charge in [0.25, 0.3) is 0 Å². The maximum atomic E-state index is 11.7. The van der Waals surface area contributed by atoms with Crippen molar-refractivity contribution in [2.24, 2.45) is 0 Å². The lowest BCUT2D eigenvalue weighted by Crippen LogP contribution is -2.34. The normalized spacial score (nSPS) is 18.5. The van der Waals surface area contributed by atoms with Gasteiger partial charge in [-0.1, -0.05) is 24.6 Å². The van der Waals surface area contributed by atoms with E-state index in [9.17, 15) is 4.79 Å². The van der Waals surface area contributed by atoms with E-state index in [1.54, 1.807) is 6.08 Å². The standard InChI is InChI=1S/C13H21NO/c1-3-12(4-2)8-9-13(15)14-10-6-5-7-11-14/h3,8-9H,4-7,10-11H2,1-2H3/b9-8+,12-3+. The Balaban J connectivity index is 2.46. The molecule has 1 aliphatic heterocycles. The molecular formula is C13H21NO. The lowest BCUT2D eigenvalue weighted by molar-refractivity contribution is -0.126. The Morgan fingerprint density at radius 2 is 1.87 bits per heavy atom. The Kier molecular flexibility index (Phi) is 5.16. The van der Waals surface area contributed by atoms with Crippen LogP contribution in [-0.2, 0) is 4.79 Å². The number of allylic oxidation sites excluding steroid dienone is 3. The first kappa shape index (κ1) is 12.0. The molecule has 0 bridgehead atoms. The summed E-state index contributed by atoms with van der Waals surface area (Å²) in [4.78, 5) is 13.7. The van der Waals surface area contributed by atoms with Crippen LogP contribution < -0.4 is 0 Å². The summed E-state index contributed by atoms with van der Waals surface area (Å²) in [7, 11) is 0. The van der Waals surface area contributed by atoms with Gasteiger partial charge in [0.05, 0.1) is 0 Å². The molecule has 0 aromatic rings. The van der Waals surface area contributed by atoms with Gasteiger partial charge in [0, 0.05) is 19.2 Å². The third-order valence-electron chi connectivity index (χ3n) is 2.89. The van der Waals surface area contributed by atoms with Crippen LogP contribution in [0.5, 0.6) is 0 Å². The van der Waals surface area contributed by atoms with Crippen molar-refractivity contribution in [1.82, 2.24) is 4.90 Å². The predicted octanol–water partition coefficient (Wildman–Crippen LogP) is 2.91. The Morgan fingerprint density at radius 1 is 1.20 bits per heavy atom. The molecule has 0 atom stereocenters. The number of nitrogens with zero attached hydrogens (tertiary/aromatic N) is 1. The average molecular weight is 207 g/mol. The van der Waals surface area contributed by atoms with E-state index >= 15 is 0 Å². The second-order valence-electron chi connectivity index (χ2n) is 3.94. The minimum absolute atomic E-state index is 0.169. The minimum atomic E-state index is 0.169. The third-order valence-corrected chi connectivity index (χ3v) is 2.89. The summed E-state index contributed by atoms with van der Waals surface area (Å²) in [5.41, 5.74) is 1.22. The van der Waals surface area contributed by atoms with E-state index in [0.717, 1.165) is 32.4 Å². The molecule has 0 saturated carbocycles. The molecule has 0 spiro atoms. The maximum absolute atomic E-state index is 11.7. The molecule has 1 fully saturated rings. The van der Waals surface area contributed by atoms with Crippen LogP contribution in [0.2, 0.25) is 0 Å². The van der Waals surface area contributed by atoms with Crippen molar-refractivity contribution in [3.8, 4) is 0 Å². The van der Waals surface area contributed by atoms with Gasteiger partial charge in [-0.25, -0.2) is 0 Å². The van der Waals surface area contributed by atoms with Gasteiger partial charge in [-0.05, 0) is 32.6 Å². The summed E-state index contributed by atoms with van der Waals surface area (Å²) >= 11 is 0. The van der Waals surface area contributed by atoms with E-state index in [-0.39, 0.29) is 5.91 Å².